The van der Waals surface area contributed by atoms with Crippen molar-refractivity contribution in [1.82, 2.24) is 4.90 Å². The van der Waals surface area contributed by atoms with E-state index in [9.17, 15) is 4.79 Å². The predicted octanol–water partition coefficient (Wildman–Crippen LogP) is 1.23. The second-order valence-corrected chi connectivity index (χ2v) is 4.61. The van der Waals surface area contributed by atoms with E-state index < -0.39 is 0 Å². The molecule has 3 heteroatoms. The van der Waals surface area contributed by atoms with E-state index in [2.05, 4.69) is 0 Å². The summed E-state index contributed by atoms with van der Waals surface area (Å²) in [6, 6.07) is 0. The fourth-order valence-electron chi connectivity index (χ4n) is 2.10. The molecule has 1 fully saturated rings. The second kappa shape index (κ2) is 5.35. The molecule has 1 amide bonds. The summed E-state index contributed by atoms with van der Waals surface area (Å²) in [6.07, 6.45) is 5.51. The first-order chi connectivity index (χ1) is 6.63. The van der Waals surface area contributed by atoms with Gasteiger partial charge in [0.1, 0.15) is 0 Å². The largest absolute Gasteiger partial charge is 0.349 e. The second-order valence-electron chi connectivity index (χ2n) is 4.61. The van der Waals surface area contributed by atoms with Crippen molar-refractivity contribution in [1.29, 1.82) is 0 Å². The van der Waals surface area contributed by atoms with E-state index in [1.54, 1.807) is 4.90 Å². The summed E-state index contributed by atoms with van der Waals surface area (Å²) in [6.45, 7) is 0.814. The van der Waals surface area contributed by atoms with E-state index >= 15 is 0 Å². The van der Waals surface area contributed by atoms with E-state index in [0.29, 0.717) is 11.8 Å². The Bertz CT molecular complexity index is 184. The molecule has 0 atom stereocenters. The Labute approximate surface area is 86.6 Å². The van der Waals surface area contributed by atoms with Gasteiger partial charge in [-0.25, -0.2) is 0 Å². The lowest BCUT2D eigenvalue weighted by Gasteiger charge is -2.27. The molecule has 2 N–H and O–H groups in total. The van der Waals surface area contributed by atoms with Gasteiger partial charge >= 0.3 is 0 Å². The van der Waals surface area contributed by atoms with Crippen LogP contribution in [0.4, 0.5) is 0 Å². The number of rotatable bonds is 3. The lowest BCUT2D eigenvalue weighted by atomic mass is 9.80. The number of nitrogens with two attached hydrogens (primary N) is 1. The Balaban J connectivity index is 2.25. The molecule has 1 aliphatic carbocycles. The molecule has 3 nitrogen and oxygen atoms in total. The molecular weight excluding hydrogens is 176 g/mol. The molecule has 0 spiro atoms. The summed E-state index contributed by atoms with van der Waals surface area (Å²) < 4.78 is 0. The van der Waals surface area contributed by atoms with Crippen molar-refractivity contribution in [3.05, 3.63) is 0 Å². The zero-order valence-electron chi connectivity index (χ0n) is 9.33. The molecule has 0 aromatic rings. The summed E-state index contributed by atoms with van der Waals surface area (Å²) in [5, 5.41) is 0. The van der Waals surface area contributed by atoms with Crippen LogP contribution >= 0.6 is 0 Å². The van der Waals surface area contributed by atoms with E-state index in [1.165, 1.54) is 25.7 Å². The first-order valence-electron chi connectivity index (χ1n) is 5.53. The molecule has 0 saturated heterocycles. The molecule has 1 aliphatic rings. The molecule has 0 aliphatic heterocycles. The molecule has 0 radical (unpaired) electrons. The topological polar surface area (TPSA) is 46.3 Å². The molecular formula is C11H22N2O. The zero-order valence-corrected chi connectivity index (χ0v) is 9.33. The number of carbonyl (C=O) groups is 1. The maximum atomic E-state index is 11.5. The van der Waals surface area contributed by atoms with Crippen molar-refractivity contribution in [2.24, 2.45) is 17.6 Å². The van der Waals surface area contributed by atoms with Gasteiger partial charge in [0.2, 0.25) is 5.91 Å². The fourth-order valence-corrected chi connectivity index (χ4v) is 2.10. The minimum absolute atomic E-state index is 0.265. The monoisotopic (exact) mass is 198 g/mol. The highest BCUT2D eigenvalue weighted by Gasteiger charge is 2.22. The molecule has 0 bridgehead atoms. The van der Waals surface area contributed by atoms with Crippen LogP contribution < -0.4 is 5.73 Å². The summed E-state index contributed by atoms with van der Waals surface area (Å²) in [7, 11) is 3.65. The number of hydrogen-bond acceptors (Lipinski definition) is 2. The maximum Gasteiger partial charge on any atom is 0.222 e. The Morgan fingerprint density at radius 2 is 1.71 bits per heavy atom. The SMILES string of the molecule is CN(C)C(=O)CC1CCC(CN)CC1. The van der Waals surface area contributed by atoms with E-state index in [-0.39, 0.29) is 5.91 Å². The van der Waals surface area contributed by atoms with Gasteiger partial charge in [-0.05, 0) is 44.1 Å². The van der Waals surface area contributed by atoms with Crippen LogP contribution in [0.25, 0.3) is 0 Å². The van der Waals surface area contributed by atoms with Crippen LogP contribution in [-0.2, 0) is 4.79 Å². The smallest absolute Gasteiger partial charge is 0.222 e. The molecule has 0 aromatic carbocycles. The van der Waals surface area contributed by atoms with Crippen LogP contribution in [0.1, 0.15) is 32.1 Å². The summed E-state index contributed by atoms with van der Waals surface area (Å²) in [5.41, 5.74) is 5.62. The van der Waals surface area contributed by atoms with Crippen molar-refractivity contribution >= 4 is 5.91 Å². The number of carbonyl (C=O) groups excluding carboxylic acids is 1. The third-order valence-corrected chi connectivity index (χ3v) is 3.26. The third-order valence-electron chi connectivity index (χ3n) is 3.26. The average molecular weight is 198 g/mol. The van der Waals surface area contributed by atoms with Gasteiger partial charge in [-0.3, -0.25) is 4.79 Å². The van der Waals surface area contributed by atoms with Crippen LogP contribution in [0.5, 0.6) is 0 Å². The first-order valence-corrected chi connectivity index (χ1v) is 5.53. The Kier molecular flexibility index (Phi) is 4.39. The summed E-state index contributed by atoms with van der Waals surface area (Å²) >= 11 is 0. The van der Waals surface area contributed by atoms with Gasteiger partial charge in [-0.1, -0.05) is 0 Å². The summed E-state index contributed by atoms with van der Waals surface area (Å²) in [5.74, 6) is 1.58. The first kappa shape index (κ1) is 11.5. The Hall–Kier alpha value is -0.570. The zero-order chi connectivity index (χ0) is 10.6. The number of nitrogens with zero attached hydrogens (tertiary/aromatic N) is 1. The van der Waals surface area contributed by atoms with E-state index in [4.69, 9.17) is 5.73 Å². The molecule has 82 valence electrons. The number of amides is 1. The van der Waals surface area contributed by atoms with Gasteiger partial charge in [0, 0.05) is 20.5 Å². The molecule has 0 heterocycles. The molecule has 1 saturated carbocycles. The minimum atomic E-state index is 0.265. The molecule has 0 aromatic heterocycles. The van der Waals surface area contributed by atoms with Gasteiger partial charge in [0.15, 0.2) is 0 Å². The average Bonchev–Trinajstić information content (AvgIpc) is 2.19. The molecule has 14 heavy (non-hydrogen) atoms. The normalized spacial score (nSPS) is 27.4. The summed E-state index contributed by atoms with van der Waals surface area (Å²) in [4.78, 5) is 13.2. The van der Waals surface area contributed by atoms with Crippen LogP contribution in [0.15, 0.2) is 0 Å². The fraction of sp³-hybridized carbons (Fsp3) is 0.909. The van der Waals surface area contributed by atoms with Crippen molar-refractivity contribution in [3.8, 4) is 0 Å². The van der Waals surface area contributed by atoms with Crippen molar-refractivity contribution in [3.63, 3.8) is 0 Å². The highest BCUT2D eigenvalue weighted by atomic mass is 16.2. The quantitative estimate of drug-likeness (QED) is 0.741. The van der Waals surface area contributed by atoms with Crippen LogP contribution in [0, 0.1) is 11.8 Å². The van der Waals surface area contributed by atoms with Crippen LogP contribution in [0.3, 0.4) is 0 Å². The van der Waals surface area contributed by atoms with Crippen molar-refractivity contribution in [2.45, 2.75) is 32.1 Å². The van der Waals surface area contributed by atoms with Crippen molar-refractivity contribution < 1.29 is 4.79 Å². The standard InChI is InChI=1S/C11H22N2O/c1-13(2)11(14)7-9-3-5-10(8-12)6-4-9/h9-10H,3-8,12H2,1-2H3. The molecule has 0 unspecified atom stereocenters. The number of hydrogen-bond donors (Lipinski definition) is 1. The maximum absolute atomic E-state index is 11.5. The molecule has 1 rings (SSSR count). The minimum Gasteiger partial charge on any atom is -0.349 e. The van der Waals surface area contributed by atoms with Crippen molar-refractivity contribution in [2.75, 3.05) is 20.6 Å². The Morgan fingerprint density at radius 1 is 1.21 bits per heavy atom. The highest BCUT2D eigenvalue weighted by molar-refractivity contribution is 5.75. The van der Waals surface area contributed by atoms with Gasteiger partial charge < -0.3 is 10.6 Å². The van der Waals surface area contributed by atoms with Crippen LogP contribution in [-0.4, -0.2) is 31.4 Å². The lowest BCUT2D eigenvalue weighted by Crippen LogP contribution is -2.27. The van der Waals surface area contributed by atoms with Gasteiger partial charge in [0.05, 0.1) is 0 Å². The highest BCUT2D eigenvalue weighted by Crippen LogP contribution is 2.30. The van der Waals surface area contributed by atoms with Gasteiger partial charge in [0.25, 0.3) is 0 Å². The van der Waals surface area contributed by atoms with E-state index in [0.717, 1.165) is 13.0 Å². The lowest BCUT2D eigenvalue weighted by molar-refractivity contribution is -0.129. The Morgan fingerprint density at radius 3 is 2.14 bits per heavy atom. The third kappa shape index (κ3) is 3.29. The van der Waals surface area contributed by atoms with Gasteiger partial charge in [-0.2, -0.15) is 0 Å². The van der Waals surface area contributed by atoms with Crippen LogP contribution in [0.2, 0.25) is 0 Å². The van der Waals surface area contributed by atoms with Gasteiger partial charge in [-0.15, -0.1) is 0 Å². The predicted molar refractivity (Wildman–Crippen MR) is 57.8 cm³/mol. The van der Waals surface area contributed by atoms with E-state index in [1.807, 2.05) is 14.1 Å².